The average molecular weight is 523 g/mol. The highest BCUT2D eigenvalue weighted by atomic mass is 127. The van der Waals surface area contributed by atoms with Crippen LogP contribution in [0, 0.1) is 3.57 Å². The molecule has 7 nitrogen and oxygen atoms in total. The van der Waals surface area contributed by atoms with Crippen molar-refractivity contribution in [1.82, 2.24) is 10.6 Å². The van der Waals surface area contributed by atoms with Gasteiger partial charge in [0.15, 0.2) is 0 Å². The maximum atomic E-state index is 12.3. The Morgan fingerprint density at radius 3 is 2.27 bits per heavy atom. The number of hydrogen-bond donors (Lipinski definition) is 3. The number of hydrogen-bond acceptors (Lipinski definition) is 4. The number of rotatable bonds is 7. The maximum absolute atomic E-state index is 12.3. The molecular weight excluding hydrogens is 497 g/mol. The maximum Gasteiger partial charge on any atom is 0.407 e. The molecule has 2 rings (SSSR count). The zero-order chi connectivity index (χ0) is 22.1. The number of carbonyl (C=O) groups excluding carboxylic acids is 3. The lowest BCUT2D eigenvalue weighted by molar-refractivity contribution is -0.121. The number of nitrogens with one attached hydrogen (secondary N) is 3. The average Bonchev–Trinajstić information content (AvgIpc) is 2.66. The molecule has 160 valence electrons. The van der Waals surface area contributed by atoms with E-state index in [9.17, 15) is 14.4 Å². The van der Waals surface area contributed by atoms with E-state index < -0.39 is 11.7 Å². The summed E-state index contributed by atoms with van der Waals surface area (Å²) in [5.74, 6) is -0.347. The molecule has 0 aliphatic rings. The van der Waals surface area contributed by atoms with Crippen LogP contribution in [0.5, 0.6) is 0 Å². The molecular formula is C22H26IN3O4. The molecule has 2 aromatic rings. The molecule has 0 saturated heterocycles. The summed E-state index contributed by atoms with van der Waals surface area (Å²) in [6.07, 6.45) is -0.388. The summed E-state index contributed by atoms with van der Waals surface area (Å²) in [7, 11) is 0. The second-order valence-corrected chi connectivity index (χ2v) is 8.75. The quantitative estimate of drug-likeness (QED) is 0.477. The van der Waals surface area contributed by atoms with Crippen molar-refractivity contribution in [3.8, 4) is 0 Å². The third-order valence-corrected chi connectivity index (χ3v) is 4.78. The van der Waals surface area contributed by atoms with Crippen molar-refractivity contribution in [3.05, 3.63) is 63.2 Å². The Labute approximate surface area is 190 Å². The van der Waals surface area contributed by atoms with Gasteiger partial charge in [-0.2, -0.15) is 0 Å². The van der Waals surface area contributed by atoms with E-state index in [1.165, 1.54) is 0 Å². The highest BCUT2D eigenvalue weighted by Crippen LogP contribution is 2.15. The van der Waals surface area contributed by atoms with Crippen LogP contribution in [0.4, 0.5) is 10.5 Å². The predicted molar refractivity (Wildman–Crippen MR) is 124 cm³/mol. The van der Waals surface area contributed by atoms with Crippen molar-refractivity contribution >= 4 is 46.2 Å². The molecule has 0 aliphatic heterocycles. The molecule has 0 heterocycles. The Balaban J connectivity index is 1.74. The third kappa shape index (κ3) is 8.40. The summed E-state index contributed by atoms with van der Waals surface area (Å²) >= 11 is 2.13. The van der Waals surface area contributed by atoms with Crippen LogP contribution < -0.4 is 16.0 Å². The first-order valence-corrected chi connectivity index (χ1v) is 10.6. The lowest BCUT2D eigenvalue weighted by atomic mass is 10.2. The Morgan fingerprint density at radius 1 is 0.967 bits per heavy atom. The first kappa shape index (κ1) is 23.7. The van der Waals surface area contributed by atoms with Gasteiger partial charge in [-0.3, -0.25) is 9.59 Å². The monoisotopic (exact) mass is 523 g/mol. The van der Waals surface area contributed by atoms with Crippen LogP contribution in [0.3, 0.4) is 0 Å². The molecule has 0 spiro atoms. The second-order valence-electron chi connectivity index (χ2n) is 7.59. The van der Waals surface area contributed by atoms with Gasteiger partial charge in [0.1, 0.15) is 5.60 Å². The van der Waals surface area contributed by atoms with E-state index >= 15 is 0 Å². The highest BCUT2D eigenvalue weighted by molar-refractivity contribution is 14.1. The Hall–Kier alpha value is -2.62. The fourth-order valence-electron chi connectivity index (χ4n) is 2.43. The Morgan fingerprint density at radius 2 is 1.63 bits per heavy atom. The van der Waals surface area contributed by atoms with Gasteiger partial charge in [-0.15, -0.1) is 0 Å². The summed E-state index contributed by atoms with van der Waals surface area (Å²) in [5.41, 5.74) is 1.62. The molecule has 2 aromatic carbocycles. The fourth-order valence-corrected chi connectivity index (χ4v) is 3.06. The van der Waals surface area contributed by atoms with Gasteiger partial charge in [0.2, 0.25) is 5.91 Å². The fraction of sp³-hybridized carbons (Fsp3) is 0.318. The molecule has 0 aliphatic carbocycles. The van der Waals surface area contributed by atoms with Crippen molar-refractivity contribution < 1.29 is 19.1 Å². The molecule has 0 bridgehead atoms. The summed E-state index contributed by atoms with van der Waals surface area (Å²) in [6.45, 7) is 5.88. The highest BCUT2D eigenvalue weighted by Gasteiger charge is 2.16. The molecule has 0 radical (unpaired) electrons. The van der Waals surface area contributed by atoms with E-state index in [1.54, 1.807) is 39.0 Å². The first-order chi connectivity index (χ1) is 14.1. The van der Waals surface area contributed by atoms with Crippen LogP contribution in [-0.2, 0) is 16.1 Å². The van der Waals surface area contributed by atoms with E-state index in [-0.39, 0.29) is 24.8 Å². The number of benzene rings is 2. The lowest BCUT2D eigenvalue weighted by Gasteiger charge is -2.19. The van der Waals surface area contributed by atoms with E-state index in [0.29, 0.717) is 17.8 Å². The van der Waals surface area contributed by atoms with Gasteiger partial charge in [-0.1, -0.05) is 24.3 Å². The molecule has 30 heavy (non-hydrogen) atoms. The van der Waals surface area contributed by atoms with Crippen LogP contribution in [0.15, 0.2) is 48.5 Å². The normalized spacial score (nSPS) is 10.8. The SMILES string of the molecule is CC(C)(C)OC(=O)NCCC(=O)NCc1ccc(NC(=O)c2ccccc2I)cc1. The number of ether oxygens (including phenoxy) is 1. The second kappa shape index (κ2) is 11.0. The molecule has 3 amide bonds. The van der Waals surface area contributed by atoms with Gasteiger partial charge >= 0.3 is 6.09 Å². The van der Waals surface area contributed by atoms with Gasteiger partial charge in [-0.05, 0) is 73.2 Å². The molecule has 3 N–H and O–H groups in total. The molecule has 0 atom stereocenters. The Bertz CT molecular complexity index is 892. The summed E-state index contributed by atoms with van der Waals surface area (Å²) < 4.78 is 5.99. The minimum atomic E-state index is -0.572. The number of alkyl carbamates (subject to hydrolysis) is 1. The van der Waals surface area contributed by atoms with Crippen LogP contribution in [0.1, 0.15) is 43.1 Å². The zero-order valence-corrected chi connectivity index (χ0v) is 19.4. The van der Waals surface area contributed by atoms with Crippen molar-refractivity contribution in [2.45, 2.75) is 39.3 Å². The van der Waals surface area contributed by atoms with Crippen molar-refractivity contribution in [2.75, 3.05) is 11.9 Å². The van der Waals surface area contributed by atoms with Crippen LogP contribution in [-0.4, -0.2) is 30.1 Å². The zero-order valence-electron chi connectivity index (χ0n) is 17.3. The van der Waals surface area contributed by atoms with Gasteiger partial charge in [0.25, 0.3) is 5.91 Å². The number of halogens is 1. The van der Waals surface area contributed by atoms with E-state index in [1.807, 2.05) is 30.3 Å². The number of carbonyl (C=O) groups is 3. The van der Waals surface area contributed by atoms with Crippen molar-refractivity contribution in [2.24, 2.45) is 0 Å². The standard InChI is InChI=1S/C22H26IN3O4/c1-22(2,3)30-21(29)24-13-12-19(27)25-14-15-8-10-16(11-9-15)26-20(28)17-6-4-5-7-18(17)23/h4-11H,12-14H2,1-3H3,(H,24,29)(H,25,27)(H,26,28). The van der Waals surface area contributed by atoms with Gasteiger partial charge in [-0.25, -0.2) is 4.79 Å². The molecule has 0 saturated carbocycles. The number of amides is 3. The van der Waals surface area contributed by atoms with Crippen LogP contribution in [0.2, 0.25) is 0 Å². The first-order valence-electron chi connectivity index (χ1n) is 9.52. The summed E-state index contributed by atoms with van der Waals surface area (Å²) in [5, 5.41) is 8.21. The topological polar surface area (TPSA) is 96.5 Å². The summed E-state index contributed by atoms with van der Waals surface area (Å²) in [6, 6.07) is 14.6. The van der Waals surface area contributed by atoms with Gasteiger partial charge < -0.3 is 20.7 Å². The van der Waals surface area contributed by atoms with Crippen LogP contribution >= 0.6 is 22.6 Å². The van der Waals surface area contributed by atoms with E-state index in [4.69, 9.17) is 4.74 Å². The smallest absolute Gasteiger partial charge is 0.407 e. The molecule has 8 heteroatoms. The largest absolute Gasteiger partial charge is 0.444 e. The van der Waals surface area contributed by atoms with Crippen molar-refractivity contribution in [1.29, 1.82) is 0 Å². The van der Waals surface area contributed by atoms with Crippen molar-refractivity contribution in [3.63, 3.8) is 0 Å². The molecule has 0 aromatic heterocycles. The van der Waals surface area contributed by atoms with E-state index in [0.717, 1.165) is 9.13 Å². The van der Waals surface area contributed by atoms with Gasteiger partial charge in [0.05, 0.1) is 5.56 Å². The minimum Gasteiger partial charge on any atom is -0.444 e. The molecule has 0 unspecified atom stereocenters. The van der Waals surface area contributed by atoms with Crippen LogP contribution in [0.25, 0.3) is 0 Å². The third-order valence-electron chi connectivity index (χ3n) is 3.84. The molecule has 0 fully saturated rings. The minimum absolute atomic E-state index is 0.156. The number of anilines is 1. The van der Waals surface area contributed by atoms with E-state index in [2.05, 4.69) is 38.5 Å². The predicted octanol–water partition coefficient (Wildman–Crippen LogP) is 4.07. The van der Waals surface area contributed by atoms with Gasteiger partial charge in [0, 0.05) is 28.8 Å². The Kier molecular flexibility index (Phi) is 8.64. The summed E-state index contributed by atoms with van der Waals surface area (Å²) in [4.78, 5) is 35.8. The lowest BCUT2D eigenvalue weighted by Crippen LogP contribution is -2.35.